The van der Waals surface area contributed by atoms with Gasteiger partial charge in [0.1, 0.15) is 4.32 Å². The van der Waals surface area contributed by atoms with E-state index in [0.717, 1.165) is 39.6 Å². The molecule has 1 heterocycles. The molecular formula is C17H22N2OS2. The first kappa shape index (κ1) is 17.0. The van der Waals surface area contributed by atoms with Crippen molar-refractivity contribution in [2.24, 2.45) is 0 Å². The summed E-state index contributed by atoms with van der Waals surface area (Å²) in [6.07, 6.45) is 0. The van der Waals surface area contributed by atoms with E-state index in [1.54, 1.807) is 0 Å². The van der Waals surface area contributed by atoms with Crippen LogP contribution in [0, 0.1) is 6.92 Å². The van der Waals surface area contributed by atoms with Crippen LogP contribution in [-0.2, 0) is 0 Å². The summed E-state index contributed by atoms with van der Waals surface area (Å²) in [7, 11) is 0. The molecule has 118 valence electrons. The van der Waals surface area contributed by atoms with Crippen LogP contribution in [0.1, 0.15) is 36.8 Å². The van der Waals surface area contributed by atoms with Crippen LogP contribution >= 0.6 is 24.0 Å². The molecule has 1 aromatic carbocycles. The molecule has 0 radical (unpaired) electrons. The topological polar surface area (TPSA) is 36.1 Å². The van der Waals surface area contributed by atoms with Gasteiger partial charge in [-0.2, -0.15) is 0 Å². The molecule has 2 rings (SSSR count). The lowest BCUT2D eigenvalue weighted by molar-refractivity contribution is 0.0995. The molecule has 1 N–H and O–H groups in total. The summed E-state index contributed by atoms with van der Waals surface area (Å²) >= 11 is 6.93. The van der Waals surface area contributed by atoms with Crippen molar-refractivity contribution >= 4 is 45.0 Å². The van der Waals surface area contributed by atoms with E-state index in [0.29, 0.717) is 0 Å². The third-order valence-electron chi connectivity index (χ3n) is 3.81. The molecule has 3 nitrogen and oxygen atoms in total. The fraction of sp³-hybridized carbons (Fsp3) is 0.412. The number of carbonyl (C=O) groups is 1. The molecule has 0 fully saturated rings. The minimum atomic E-state index is -0.189. The van der Waals surface area contributed by atoms with E-state index in [-0.39, 0.29) is 11.0 Å². The molecule has 1 aromatic heterocycles. The minimum Gasteiger partial charge on any atom is -0.358 e. The molecule has 0 bridgehead atoms. The van der Waals surface area contributed by atoms with Gasteiger partial charge in [0.15, 0.2) is 5.78 Å². The third kappa shape index (κ3) is 3.36. The zero-order valence-electron chi connectivity index (χ0n) is 13.5. The normalized spacial score (nSPS) is 12.4. The van der Waals surface area contributed by atoms with E-state index in [9.17, 15) is 4.79 Å². The van der Waals surface area contributed by atoms with Gasteiger partial charge in [-0.15, -0.1) is 0 Å². The van der Waals surface area contributed by atoms with Gasteiger partial charge in [0, 0.05) is 35.2 Å². The maximum Gasteiger partial charge on any atom is 0.178 e. The average Bonchev–Trinajstić information content (AvgIpc) is 2.83. The molecule has 0 amide bonds. The van der Waals surface area contributed by atoms with Crippen LogP contribution in [0.15, 0.2) is 24.3 Å². The second-order valence-corrected chi connectivity index (χ2v) is 7.21. The highest BCUT2D eigenvalue weighted by Crippen LogP contribution is 2.27. The Bertz CT molecular complexity index is 689. The summed E-state index contributed by atoms with van der Waals surface area (Å²) in [6.45, 7) is 9.78. The minimum absolute atomic E-state index is 0.134. The van der Waals surface area contributed by atoms with Crippen molar-refractivity contribution < 1.29 is 4.79 Å². The number of ketones is 1. The summed E-state index contributed by atoms with van der Waals surface area (Å²) in [4.78, 5) is 18.2. The maximum atomic E-state index is 12.9. The van der Waals surface area contributed by atoms with E-state index in [1.165, 1.54) is 11.8 Å². The summed E-state index contributed by atoms with van der Waals surface area (Å²) in [5.41, 5.74) is 2.72. The molecule has 5 heteroatoms. The Labute approximate surface area is 141 Å². The number of carbonyl (C=O) groups excluding carboxylic acids is 1. The fourth-order valence-corrected chi connectivity index (χ4v) is 4.18. The summed E-state index contributed by atoms with van der Waals surface area (Å²) in [5, 5.41) is 0.803. The maximum absolute atomic E-state index is 12.9. The van der Waals surface area contributed by atoms with Crippen LogP contribution in [0.2, 0.25) is 0 Å². The number of nitrogens with one attached hydrogen (secondary N) is 1. The number of thiocarbonyl (C=S) groups is 1. The lowest BCUT2D eigenvalue weighted by atomic mass is 10.1. The number of fused-ring (bicyclic) bond motifs is 1. The van der Waals surface area contributed by atoms with Crippen molar-refractivity contribution in [3.05, 3.63) is 35.5 Å². The number of para-hydroxylation sites is 1. The van der Waals surface area contributed by atoms with E-state index < -0.39 is 0 Å². The first-order valence-electron chi connectivity index (χ1n) is 7.56. The second-order valence-electron chi connectivity index (χ2n) is 5.23. The quantitative estimate of drug-likeness (QED) is 0.649. The zero-order chi connectivity index (χ0) is 16.3. The Kier molecular flexibility index (Phi) is 5.64. The number of thioether (sulfide) groups is 1. The Hall–Kier alpha value is -1.33. The number of hydrogen-bond acceptors (Lipinski definition) is 3. The number of aryl methyl sites for hydroxylation is 1. The molecule has 0 spiro atoms. The van der Waals surface area contributed by atoms with Gasteiger partial charge in [-0.05, 0) is 33.8 Å². The Morgan fingerprint density at radius 3 is 2.59 bits per heavy atom. The number of H-pyrrole nitrogens is 1. The summed E-state index contributed by atoms with van der Waals surface area (Å²) in [6, 6.07) is 7.93. The number of rotatable bonds is 5. The van der Waals surface area contributed by atoms with Gasteiger partial charge in [0.2, 0.25) is 0 Å². The van der Waals surface area contributed by atoms with E-state index in [1.807, 2.05) is 38.1 Å². The number of Topliss-reactive ketones (excluding diaryl/α,β-unsaturated/α-hetero) is 1. The lowest BCUT2D eigenvalue weighted by Gasteiger charge is -2.22. The Morgan fingerprint density at radius 1 is 1.32 bits per heavy atom. The molecular weight excluding hydrogens is 312 g/mol. The number of aromatic nitrogens is 1. The highest BCUT2D eigenvalue weighted by molar-refractivity contribution is 8.23. The predicted molar refractivity (Wildman–Crippen MR) is 99.9 cm³/mol. The smallest absolute Gasteiger partial charge is 0.178 e. The zero-order valence-corrected chi connectivity index (χ0v) is 15.1. The van der Waals surface area contributed by atoms with Crippen molar-refractivity contribution in [1.82, 2.24) is 9.88 Å². The molecule has 1 atom stereocenters. The second kappa shape index (κ2) is 7.29. The molecule has 0 saturated carbocycles. The monoisotopic (exact) mass is 334 g/mol. The van der Waals surface area contributed by atoms with Gasteiger partial charge in [-0.3, -0.25) is 4.79 Å². The first-order chi connectivity index (χ1) is 10.5. The lowest BCUT2D eigenvalue weighted by Crippen LogP contribution is -2.29. The predicted octanol–water partition coefficient (Wildman–Crippen LogP) is 4.41. The third-order valence-corrected chi connectivity index (χ3v) is 5.38. The van der Waals surface area contributed by atoms with Crippen molar-refractivity contribution in [1.29, 1.82) is 0 Å². The van der Waals surface area contributed by atoms with Gasteiger partial charge in [0.25, 0.3) is 0 Å². The molecule has 0 unspecified atom stereocenters. The van der Waals surface area contributed by atoms with E-state index >= 15 is 0 Å². The Balaban J connectivity index is 2.23. The number of hydrogen-bond donors (Lipinski definition) is 1. The van der Waals surface area contributed by atoms with E-state index in [2.05, 4.69) is 23.7 Å². The van der Waals surface area contributed by atoms with Crippen molar-refractivity contribution in [2.75, 3.05) is 13.1 Å². The van der Waals surface area contributed by atoms with Crippen LogP contribution in [0.5, 0.6) is 0 Å². The standard InChI is InChI=1S/C17H22N2OS2/c1-5-19(6-2)17(21)22-12(4)16(20)15-11(3)18-14-10-8-7-9-13(14)15/h7-10,12,18H,5-6H2,1-4H3/t12-/m1/s1. The van der Waals surface area contributed by atoms with Crippen molar-refractivity contribution in [2.45, 2.75) is 32.9 Å². The van der Waals surface area contributed by atoms with Crippen molar-refractivity contribution in [3.63, 3.8) is 0 Å². The van der Waals surface area contributed by atoms with Gasteiger partial charge < -0.3 is 9.88 Å². The molecule has 2 aromatic rings. The largest absolute Gasteiger partial charge is 0.358 e. The molecule has 22 heavy (non-hydrogen) atoms. The van der Waals surface area contributed by atoms with Crippen LogP contribution < -0.4 is 0 Å². The van der Waals surface area contributed by atoms with Crippen LogP contribution in [0.25, 0.3) is 10.9 Å². The fourth-order valence-electron chi connectivity index (χ4n) is 2.56. The van der Waals surface area contributed by atoms with Gasteiger partial charge in [-0.1, -0.05) is 42.2 Å². The highest BCUT2D eigenvalue weighted by atomic mass is 32.2. The van der Waals surface area contributed by atoms with Crippen LogP contribution in [0.3, 0.4) is 0 Å². The molecule has 0 aliphatic carbocycles. The van der Waals surface area contributed by atoms with Crippen LogP contribution in [0.4, 0.5) is 0 Å². The van der Waals surface area contributed by atoms with Crippen molar-refractivity contribution in [3.8, 4) is 0 Å². The molecule has 0 aliphatic rings. The Morgan fingerprint density at radius 2 is 1.95 bits per heavy atom. The first-order valence-corrected chi connectivity index (χ1v) is 8.85. The molecule has 0 aliphatic heterocycles. The van der Waals surface area contributed by atoms with Gasteiger partial charge in [-0.25, -0.2) is 0 Å². The van der Waals surface area contributed by atoms with E-state index in [4.69, 9.17) is 12.2 Å². The summed E-state index contributed by atoms with van der Waals surface area (Å²) < 4.78 is 0.795. The summed E-state index contributed by atoms with van der Waals surface area (Å²) in [5.74, 6) is 0.134. The SMILES string of the molecule is CCN(CC)C(=S)S[C@H](C)C(=O)c1c(C)[nH]c2ccccc12. The molecule has 0 saturated heterocycles. The van der Waals surface area contributed by atoms with Gasteiger partial charge >= 0.3 is 0 Å². The van der Waals surface area contributed by atoms with Crippen LogP contribution in [-0.4, -0.2) is 38.3 Å². The number of aromatic amines is 1. The number of nitrogens with zero attached hydrogens (tertiary/aromatic N) is 1. The highest BCUT2D eigenvalue weighted by Gasteiger charge is 2.23. The van der Waals surface area contributed by atoms with Gasteiger partial charge in [0.05, 0.1) is 5.25 Å². The average molecular weight is 335 g/mol. The number of benzene rings is 1.